The van der Waals surface area contributed by atoms with E-state index in [4.69, 9.17) is 4.98 Å². The molecule has 3 heteroatoms. The number of para-hydroxylation sites is 2. The zero-order valence-electron chi connectivity index (χ0n) is 24.6. The summed E-state index contributed by atoms with van der Waals surface area (Å²) in [6.07, 6.45) is 11.9. The highest BCUT2D eigenvalue weighted by atomic mass is 15.0. The van der Waals surface area contributed by atoms with Gasteiger partial charge in [-0.05, 0) is 42.8 Å². The largest absolute Gasteiger partial charge is 0.309 e. The van der Waals surface area contributed by atoms with Gasteiger partial charge in [-0.25, -0.2) is 4.98 Å². The minimum atomic E-state index is 0.898. The zero-order chi connectivity index (χ0) is 29.7. The van der Waals surface area contributed by atoms with Crippen molar-refractivity contribution in [2.45, 2.75) is 6.42 Å². The first kappa shape index (κ1) is 25.6. The fraction of sp³-hybridized carbons (Fsp3) is 0.0238. The van der Waals surface area contributed by atoms with Gasteiger partial charge in [0.25, 0.3) is 0 Å². The van der Waals surface area contributed by atoms with Crippen molar-refractivity contribution in [3.63, 3.8) is 0 Å². The highest BCUT2D eigenvalue weighted by molar-refractivity contribution is 6.26. The summed E-state index contributed by atoms with van der Waals surface area (Å²) in [6, 6.07) is 47.6. The maximum absolute atomic E-state index is 5.17. The number of nitrogens with zero attached hydrogens (tertiary/aromatic N) is 3. The van der Waals surface area contributed by atoms with Crippen LogP contribution in [0.3, 0.4) is 0 Å². The van der Waals surface area contributed by atoms with Crippen molar-refractivity contribution in [2.75, 3.05) is 0 Å². The topological polar surface area (TPSA) is 22.8 Å². The van der Waals surface area contributed by atoms with Gasteiger partial charge in [0.1, 0.15) is 0 Å². The lowest BCUT2D eigenvalue weighted by Gasteiger charge is -2.13. The van der Waals surface area contributed by atoms with Gasteiger partial charge in [0.15, 0.2) is 0 Å². The number of allylic oxidation sites excluding steroid dienone is 6. The van der Waals surface area contributed by atoms with E-state index in [-0.39, 0.29) is 0 Å². The molecular weight excluding hydrogens is 546 g/mol. The SMILES string of the molecule is C1=CCC=C(n2c3ccccc3c3ccc4c(c5ccccc5n4-c4cc(-c5ccccc5)nc(-c5ccccc5)c4)c32)C=C1. The number of pyridine rings is 1. The summed E-state index contributed by atoms with van der Waals surface area (Å²) >= 11 is 0. The third kappa shape index (κ3) is 4.09. The van der Waals surface area contributed by atoms with Crippen LogP contribution in [0.15, 0.2) is 164 Å². The fourth-order valence-electron chi connectivity index (χ4n) is 6.95. The molecule has 0 amide bonds. The van der Waals surface area contributed by atoms with Crippen LogP contribution in [-0.4, -0.2) is 14.1 Å². The van der Waals surface area contributed by atoms with Gasteiger partial charge in [-0.15, -0.1) is 0 Å². The van der Waals surface area contributed by atoms with E-state index >= 15 is 0 Å². The monoisotopic (exact) mass is 575 g/mol. The molecule has 5 aromatic carbocycles. The Morgan fingerprint density at radius 1 is 0.511 bits per heavy atom. The van der Waals surface area contributed by atoms with Gasteiger partial charge in [-0.2, -0.15) is 0 Å². The summed E-state index contributed by atoms with van der Waals surface area (Å²) in [5, 5.41) is 5.01. The molecule has 0 atom stereocenters. The van der Waals surface area contributed by atoms with Crippen molar-refractivity contribution in [1.82, 2.24) is 14.1 Å². The Balaban J connectivity index is 1.42. The van der Waals surface area contributed by atoms with E-state index in [0.717, 1.165) is 34.6 Å². The predicted molar refractivity (Wildman–Crippen MR) is 190 cm³/mol. The molecule has 0 aliphatic heterocycles. The van der Waals surface area contributed by atoms with Gasteiger partial charge in [0.05, 0.1) is 39.1 Å². The second kappa shape index (κ2) is 10.4. The Hall–Kier alpha value is -5.93. The number of fused-ring (bicyclic) bond motifs is 7. The molecule has 0 fully saturated rings. The Kier molecular flexibility index (Phi) is 5.88. The Labute approximate surface area is 261 Å². The van der Waals surface area contributed by atoms with Gasteiger partial charge in [0, 0.05) is 38.4 Å². The van der Waals surface area contributed by atoms with Crippen molar-refractivity contribution < 1.29 is 0 Å². The Bertz CT molecular complexity index is 2430. The van der Waals surface area contributed by atoms with Crippen molar-refractivity contribution >= 4 is 49.3 Å². The third-order valence-electron chi connectivity index (χ3n) is 8.91. The van der Waals surface area contributed by atoms with Crippen molar-refractivity contribution in [1.29, 1.82) is 0 Å². The lowest BCUT2D eigenvalue weighted by Crippen LogP contribution is -1.98. The minimum Gasteiger partial charge on any atom is -0.309 e. The molecule has 3 heterocycles. The van der Waals surface area contributed by atoms with Crippen LogP contribution in [0, 0.1) is 0 Å². The van der Waals surface area contributed by atoms with Gasteiger partial charge in [0.2, 0.25) is 0 Å². The van der Waals surface area contributed by atoms with Crippen LogP contribution in [0.2, 0.25) is 0 Å². The molecule has 1 aliphatic carbocycles. The predicted octanol–water partition coefficient (Wildman–Crippen LogP) is 11.0. The lowest BCUT2D eigenvalue weighted by atomic mass is 10.1. The van der Waals surface area contributed by atoms with E-state index in [1.807, 2.05) is 0 Å². The smallest absolute Gasteiger partial charge is 0.0730 e. The minimum absolute atomic E-state index is 0.898. The summed E-state index contributed by atoms with van der Waals surface area (Å²) < 4.78 is 4.89. The third-order valence-corrected chi connectivity index (χ3v) is 8.91. The number of hydrogen-bond donors (Lipinski definition) is 0. The van der Waals surface area contributed by atoms with E-state index in [1.54, 1.807) is 0 Å². The van der Waals surface area contributed by atoms with Gasteiger partial charge >= 0.3 is 0 Å². The molecule has 0 bridgehead atoms. The van der Waals surface area contributed by atoms with Crippen molar-refractivity contribution in [2.24, 2.45) is 0 Å². The molecule has 3 aromatic heterocycles. The van der Waals surface area contributed by atoms with Crippen molar-refractivity contribution in [3.05, 3.63) is 164 Å². The molecular formula is C42H29N3. The highest BCUT2D eigenvalue weighted by Gasteiger charge is 2.21. The zero-order valence-corrected chi connectivity index (χ0v) is 24.6. The summed E-state index contributed by atoms with van der Waals surface area (Å²) in [7, 11) is 0. The summed E-state index contributed by atoms with van der Waals surface area (Å²) in [4.78, 5) is 5.17. The number of aromatic nitrogens is 3. The van der Waals surface area contributed by atoms with E-state index in [0.29, 0.717) is 0 Å². The number of benzene rings is 5. The number of rotatable bonds is 4. The fourth-order valence-corrected chi connectivity index (χ4v) is 6.95. The molecule has 0 saturated heterocycles. The quantitative estimate of drug-likeness (QED) is 0.205. The first-order valence-corrected chi connectivity index (χ1v) is 15.5. The van der Waals surface area contributed by atoms with Crippen LogP contribution in [0.1, 0.15) is 6.42 Å². The standard InChI is InChI=1S/C42H29N3/c1-2-10-20-31(19-9-1)45-38-23-13-11-21-33(38)34-25-26-40-41(42(34)45)35-22-12-14-24-39(35)44(40)32-27-36(29-15-5-3-6-16-29)43-37(28-32)30-17-7-4-8-18-30/h1-9,11-28H,10H2. The van der Waals surface area contributed by atoms with Gasteiger partial charge < -0.3 is 9.13 Å². The van der Waals surface area contributed by atoms with Crippen LogP contribution >= 0.6 is 0 Å². The normalized spacial score (nSPS) is 13.2. The van der Waals surface area contributed by atoms with Crippen molar-refractivity contribution in [3.8, 4) is 28.2 Å². The van der Waals surface area contributed by atoms with E-state index in [1.165, 1.54) is 49.3 Å². The average molecular weight is 576 g/mol. The molecule has 1 aliphatic rings. The molecule has 0 spiro atoms. The second-order valence-corrected chi connectivity index (χ2v) is 11.5. The van der Waals surface area contributed by atoms with Gasteiger partial charge in [-0.1, -0.05) is 127 Å². The molecule has 45 heavy (non-hydrogen) atoms. The molecule has 0 unspecified atom stereocenters. The maximum atomic E-state index is 5.17. The summed E-state index contributed by atoms with van der Waals surface area (Å²) in [6.45, 7) is 0. The molecule has 0 N–H and O–H groups in total. The molecule has 0 saturated carbocycles. The Morgan fingerprint density at radius 3 is 1.84 bits per heavy atom. The van der Waals surface area contributed by atoms with Crippen LogP contribution in [0.5, 0.6) is 0 Å². The Morgan fingerprint density at radius 2 is 1.13 bits per heavy atom. The summed E-state index contributed by atoms with van der Waals surface area (Å²) in [5.41, 5.74) is 11.2. The van der Waals surface area contributed by atoms with E-state index < -0.39 is 0 Å². The van der Waals surface area contributed by atoms with E-state index in [2.05, 4.69) is 173 Å². The van der Waals surface area contributed by atoms with Crippen LogP contribution < -0.4 is 0 Å². The summed E-state index contributed by atoms with van der Waals surface area (Å²) in [5.74, 6) is 0. The first-order valence-electron chi connectivity index (χ1n) is 15.5. The maximum Gasteiger partial charge on any atom is 0.0730 e. The average Bonchev–Trinajstić information content (AvgIpc) is 3.48. The lowest BCUT2D eigenvalue weighted by molar-refractivity contribution is 1.16. The molecule has 9 rings (SSSR count). The second-order valence-electron chi connectivity index (χ2n) is 11.5. The first-order chi connectivity index (χ1) is 22.3. The molecule has 212 valence electrons. The van der Waals surface area contributed by atoms with E-state index in [9.17, 15) is 0 Å². The van der Waals surface area contributed by atoms with Crippen LogP contribution in [-0.2, 0) is 0 Å². The van der Waals surface area contributed by atoms with Crippen LogP contribution in [0.25, 0.3) is 77.5 Å². The molecule has 0 radical (unpaired) electrons. The van der Waals surface area contributed by atoms with Crippen LogP contribution in [0.4, 0.5) is 0 Å². The molecule has 3 nitrogen and oxygen atoms in total. The van der Waals surface area contributed by atoms with Gasteiger partial charge in [-0.3, -0.25) is 0 Å². The highest BCUT2D eigenvalue weighted by Crippen LogP contribution is 2.42. The number of hydrogen-bond acceptors (Lipinski definition) is 1. The molecule has 8 aromatic rings.